The fourth-order valence-electron chi connectivity index (χ4n) is 4.67. The first-order valence-corrected chi connectivity index (χ1v) is 11.6. The fraction of sp³-hybridized carbons (Fsp3) is 0.320. The van der Waals surface area contributed by atoms with Crippen LogP contribution in [0.15, 0.2) is 59.1 Å². The summed E-state index contributed by atoms with van der Waals surface area (Å²) in [4.78, 5) is 42.5. The monoisotopic (exact) mass is 493 g/mol. The van der Waals surface area contributed by atoms with Gasteiger partial charge in [-0.05, 0) is 60.6 Å². The number of carbonyl (C=O) groups excluding carboxylic acids is 3. The molecule has 164 valence electrons. The zero-order chi connectivity index (χ0) is 22.5. The molecule has 1 saturated heterocycles. The number of benzene rings is 2. The molecule has 3 aliphatic rings. The molecule has 2 aliphatic carbocycles. The minimum atomic E-state index is -1.24. The molecule has 2 fully saturated rings. The molecule has 1 aliphatic heterocycles. The molecule has 2 unspecified atom stereocenters. The van der Waals surface area contributed by atoms with Crippen LogP contribution in [-0.4, -0.2) is 40.2 Å². The topological polar surface area (TPSA) is 69.7 Å². The zero-order valence-electron chi connectivity index (χ0n) is 17.8. The third-order valence-electron chi connectivity index (χ3n) is 6.69. The van der Waals surface area contributed by atoms with E-state index < -0.39 is 17.5 Å². The van der Waals surface area contributed by atoms with Crippen LogP contribution in [0.3, 0.4) is 0 Å². The largest absolute Gasteiger partial charge is 0.334 e. The van der Waals surface area contributed by atoms with Gasteiger partial charge >= 0.3 is 6.03 Å². The van der Waals surface area contributed by atoms with Gasteiger partial charge < -0.3 is 10.2 Å². The van der Waals surface area contributed by atoms with Crippen molar-refractivity contribution in [2.45, 2.75) is 37.9 Å². The molecule has 0 bridgehead atoms. The van der Waals surface area contributed by atoms with E-state index in [2.05, 4.69) is 28.2 Å². The molecule has 1 spiro atoms. The van der Waals surface area contributed by atoms with Crippen LogP contribution in [0.5, 0.6) is 0 Å². The number of nitrogens with zero attached hydrogens (tertiary/aromatic N) is 2. The fourth-order valence-corrected chi connectivity index (χ4v) is 5.05. The molecule has 0 aromatic heterocycles. The van der Waals surface area contributed by atoms with Gasteiger partial charge in [0.2, 0.25) is 5.91 Å². The van der Waals surface area contributed by atoms with E-state index in [-0.39, 0.29) is 18.5 Å². The highest BCUT2D eigenvalue weighted by atomic mass is 79.9. The molecule has 1 N–H and O–H groups in total. The average molecular weight is 494 g/mol. The standard InChI is InChI=1S/C25H24BrN3O3/c1-16(18-7-8-18)28(14-17-5-3-2-4-6-17)22(30)15-29-23(31)25(27-24(29)32)12-11-19-13-20(26)9-10-21(19)25/h2-6,9-13,16,18H,7-8,14-15H2,1H3,(H,27,32). The normalized spacial score (nSPS) is 22.2. The molecule has 2 aromatic rings. The highest BCUT2D eigenvalue weighted by Gasteiger charge is 2.54. The van der Waals surface area contributed by atoms with Gasteiger partial charge in [-0.25, -0.2) is 4.79 Å². The average Bonchev–Trinajstić information content (AvgIpc) is 3.54. The predicted octanol–water partition coefficient (Wildman–Crippen LogP) is 4.05. The second kappa shape index (κ2) is 7.89. The maximum absolute atomic E-state index is 13.4. The molecular weight excluding hydrogens is 470 g/mol. The summed E-state index contributed by atoms with van der Waals surface area (Å²) in [5.41, 5.74) is 1.38. The Morgan fingerprint density at radius 1 is 1.22 bits per heavy atom. The van der Waals surface area contributed by atoms with Gasteiger partial charge in [0.1, 0.15) is 6.54 Å². The molecule has 32 heavy (non-hydrogen) atoms. The summed E-state index contributed by atoms with van der Waals surface area (Å²) >= 11 is 3.44. The van der Waals surface area contributed by atoms with Crippen LogP contribution in [-0.2, 0) is 21.7 Å². The summed E-state index contributed by atoms with van der Waals surface area (Å²) in [6, 6.07) is 14.9. The van der Waals surface area contributed by atoms with Gasteiger partial charge in [-0.15, -0.1) is 0 Å². The third kappa shape index (κ3) is 3.54. The lowest BCUT2D eigenvalue weighted by Gasteiger charge is -2.31. The Morgan fingerprint density at radius 2 is 1.97 bits per heavy atom. The molecule has 0 radical (unpaired) electrons. The predicted molar refractivity (Wildman–Crippen MR) is 124 cm³/mol. The van der Waals surface area contributed by atoms with Crippen LogP contribution in [0.1, 0.15) is 36.5 Å². The summed E-state index contributed by atoms with van der Waals surface area (Å²) in [5.74, 6) is -0.154. The highest BCUT2D eigenvalue weighted by Crippen LogP contribution is 2.40. The van der Waals surface area contributed by atoms with Crippen molar-refractivity contribution in [2.24, 2.45) is 5.92 Å². The first kappa shape index (κ1) is 20.9. The number of hydrogen-bond acceptors (Lipinski definition) is 3. The Kier molecular flexibility index (Phi) is 5.16. The van der Waals surface area contributed by atoms with Crippen molar-refractivity contribution in [1.82, 2.24) is 15.1 Å². The molecular formula is C25H24BrN3O3. The van der Waals surface area contributed by atoms with Crippen molar-refractivity contribution in [2.75, 3.05) is 6.54 Å². The molecule has 4 amide bonds. The van der Waals surface area contributed by atoms with E-state index in [9.17, 15) is 14.4 Å². The van der Waals surface area contributed by atoms with Crippen molar-refractivity contribution >= 4 is 39.9 Å². The van der Waals surface area contributed by atoms with Crippen LogP contribution in [0.25, 0.3) is 6.08 Å². The van der Waals surface area contributed by atoms with Crippen molar-refractivity contribution in [1.29, 1.82) is 0 Å². The van der Waals surface area contributed by atoms with Crippen LogP contribution in [0.4, 0.5) is 4.79 Å². The Labute approximate surface area is 195 Å². The first-order chi connectivity index (χ1) is 15.4. The van der Waals surface area contributed by atoms with Gasteiger partial charge in [0.15, 0.2) is 5.54 Å². The van der Waals surface area contributed by atoms with Crippen molar-refractivity contribution in [3.05, 3.63) is 75.8 Å². The van der Waals surface area contributed by atoms with E-state index in [0.717, 1.165) is 38.9 Å². The minimum absolute atomic E-state index is 0.0573. The van der Waals surface area contributed by atoms with E-state index in [1.54, 1.807) is 6.08 Å². The zero-order valence-corrected chi connectivity index (χ0v) is 19.3. The number of urea groups is 1. The number of halogens is 1. The first-order valence-electron chi connectivity index (χ1n) is 10.9. The van der Waals surface area contributed by atoms with Crippen molar-refractivity contribution in [3.63, 3.8) is 0 Å². The van der Waals surface area contributed by atoms with E-state index in [4.69, 9.17) is 0 Å². The number of imide groups is 1. The molecule has 2 aromatic carbocycles. The number of carbonyl (C=O) groups is 3. The number of fused-ring (bicyclic) bond motifs is 2. The Hall–Kier alpha value is -2.93. The van der Waals surface area contributed by atoms with Gasteiger partial charge in [0.05, 0.1) is 0 Å². The maximum atomic E-state index is 13.4. The highest BCUT2D eigenvalue weighted by molar-refractivity contribution is 9.10. The molecule has 5 rings (SSSR count). The molecule has 1 saturated carbocycles. The van der Waals surface area contributed by atoms with Crippen molar-refractivity contribution in [3.8, 4) is 0 Å². The van der Waals surface area contributed by atoms with Crippen LogP contribution >= 0.6 is 15.9 Å². The van der Waals surface area contributed by atoms with Crippen LogP contribution in [0.2, 0.25) is 0 Å². The molecule has 1 heterocycles. The lowest BCUT2D eigenvalue weighted by atomic mass is 9.92. The second-order valence-corrected chi connectivity index (χ2v) is 9.70. The van der Waals surface area contributed by atoms with Gasteiger partial charge in [-0.2, -0.15) is 0 Å². The Morgan fingerprint density at radius 3 is 2.69 bits per heavy atom. The minimum Gasteiger partial charge on any atom is -0.334 e. The summed E-state index contributed by atoms with van der Waals surface area (Å²) in [7, 11) is 0. The summed E-state index contributed by atoms with van der Waals surface area (Å²) in [6.45, 7) is 2.25. The number of amides is 4. The number of nitrogens with one attached hydrogen (secondary N) is 1. The quantitative estimate of drug-likeness (QED) is 0.617. The lowest BCUT2D eigenvalue weighted by molar-refractivity contribution is -0.140. The Bertz CT molecular complexity index is 1130. The van der Waals surface area contributed by atoms with Crippen LogP contribution in [0, 0.1) is 5.92 Å². The van der Waals surface area contributed by atoms with Gasteiger partial charge in [-0.3, -0.25) is 14.5 Å². The molecule has 7 heteroatoms. The van der Waals surface area contributed by atoms with E-state index in [1.165, 1.54) is 0 Å². The number of hydrogen-bond donors (Lipinski definition) is 1. The SMILES string of the molecule is CC(C1CC1)N(Cc1ccccc1)C(=O)CN1C(=O)NC2(C=Cc3cc(Br)ccc32)C1=O. The van der Waals surface area contributed by atoms with E-state index >= 15 is 0 Å². The summed E-state index contributed by atoms with van der Waals surface area (Å²) in [6.07, 6.45) is 5.75. The Balaban J connectivity index is 1.38. The van der Waals surface area contributed by atoms with E-state index in [0.29, 0.717) is 12.5 Å². The van der Waals surface area contributed by atoms with Gasteiger partial charge in [-0.1, -0.05) is 58.4 Å². The second-order valence-electron chi connectivity index (χ2n) is 8.78. The smallest absolute Gasteiger partial charge is 0.326 e. The van der Waals surface area contributed by atoms with Crippen LogP contribution < -0.4 is 5.32 Å². The lowest BCUT2D eigenvalue weighted by Crippen LogP contribution is -2.47. The van der Waals surface area contributed by atoms with Gasteiger partial charge in [0.25, 0.3) is 5.91 Å². The van der Waals surface area contributed by atoms with Crippen molar-refractivity contribution < 1.29 is 14.4 Å². The third-order valence-corrected chi connectivity index (χ3v) is 7.18. The van der Waals surface area contributed by atoms with E-state index in [1.807, 2.05) is 59.5 Å². The van der Waals surface area contributed by atoms with Gasteiger partial charge in [0, 0.05) is 17.1 Å². The summed E-state index contributed by atoms with van der Waals surface area (Å²) < 4.78 is 0.896. The maximum Gasteiger partial charge on any atom is 0.326 e. The molecule has 2 atom stereocenters. The number of rotatable bonds is 6. The molecule has 6 nitrogen and oxygen atoms in total. The summed E-state index contributed by atoms with van der Waals surface area (Å²) in [5, 5.41) is 2.83.